The number of nitrogens with one attached hydrogen (secondary N) is 1. The first-order valence-electron chi connectivity index (χ1n) is 6.26. The van der Waals surface area contributed by atoms with Crippen LogP contribution in [0.3, 0.4) is 0 Å². The molecule has 0 unspecified atom stereocenters. The molecular weight excluding hydrogens is 270 g/mol. The van der Waals surface area contributed by atoms with Crippen molar-refractivity contribution in [3.63, 3.8) is 0 Å². The highest BCUT2D eigenvalue weighted by atomic mass is 32.1. The van der Waals surface area contributed by atoms with Crippen LogP contribution in [-0.2, 0) is 6.54 Å². The third-order valence-corrected chi connectivity index (χ3v) is 3.78. The summed E-state index contributed by atoms with van der Waals surface area (Å²) in [5.74, 6) is 0.918. The molecule has 0 atom stereocenters. The third kappa shape index (κ3) is 3.31. The molecule has 4 nitrogen and oxygen atoms in total. The molecule has 0 saturated heterocycles. The highest BCUT2D eigenvalue weighted by Crippen LogP contribution is 2.28. The van der Waals surface area contributed by atoms with Crippen LogP contribution in [0.1, 0.15) is 10.4 Å². The van der Waals surface area contributed by atoms with Gasteiger partial charge in [0.05, 0.1) is 10.2 Å². The van der Waals surface area contributed by atoms with E-state index in [9.17, 15) is 0 Å². The number of aliphatic hydroxyl groups is 1. The molecule has 20 heavy (non-hydrogen) atoms. The molecule has 0 radical (unpaired) electrons. The van der Waals surface area contributed by atoms with Gasteiger partial charge in [-0.05, 0) is 18.6 Å². The van der Waals surface area contributed by atoms with Crippen molar-refractivity contribution in [2.24, 2.45) is 0 Å². The van der Waals surface area contributed by atoms with Crippen LogP contribution >= 0.6 is 11.3 Å². The van der Waals surface area contributed by atoms with Crippen molar-refractivity contribution in [1.82, 2.24) is 9.97 Å². The quantitative estimate of drug-likeness (QED) is 0.776. The van der Waals surface area contributed by atoms with E-state index in [-0.39, 0.29) is 0 Å². The second-order valence-corrected chi connectivity index (χ2v) is 5.39. The number of hydrogen-bond acceptors (Lipinski definition) is 5. The summed E-state index contributed by atoms with van der Waals surface area (Å²) < 4.78 is 1.13. The van der Waals surface area contributed by atoms with Crippen LogP contribution in [0.15, 0.2) is 42.7 Å². The van der Waals surface area contributed by atoms with Gasteiger partial charge in [0.25, 0.3) is 0 Å². The number of fused-ring (bicyclic) bond motifs is 1. The van der Waals surface area contributed by atoms with E-state index in [4.69, 9.17) is 5.11 Å². The van der Waals surface area contributed by atoms with E-state index in [1.54, 1.807) is 17.7 Å². The predicted octanol–water partition coefficient (Wildman–Crippen LogP) is 3.22. The van der Waals surface area contributed by atoms with Gasteiger partial charge >= 0.3 is 0 Å². The number of hydrogen-bond donors (Lipinski definition) is 2. The first kappa shape index (κ1) is 14.4. The lowest BCUT2D eigenvalue weighted by Gasteiger charge is -2.05. The zero-order valence-corrected chi connectivity index (χ0v) is 12.3. The average molecular weight is 287 g/mol. The van der Waals surface area contributed by atoms with Gasteiger partial charge in [-0.15, -0.1) is 11.3 Å². The number of anilines is 1. The number of aromatic nitrogens is 2. The average Bonchev–Trinajstić information content (AvgIpc) is 2.89. The summed E-state index contributed by atoms with van der Waals surface area (Å²) in [5.41, 5.74) is 2.26. The summed E-state index contributed by atoms with van der Waals surface area (Å²) in [7, 11) is 1.00. The van der Waals surface area contributed by atoms with Crippen molar-refractivity contribution < 1.29 is 5.11 Å². The largest absolute Gasteiger partial charge is 0.400 e. The number of thiophene rings is 1. The molecule has 0 aliphatic rings. The van der Waals surface area contributed by atoms with Gasteiger partial charge in [0.1, 0.15) is 12.1 Å². The van der Waals surface area contributed by atoms with Gasteiger partial charge in [-0.1, -0.05) is 30.3 Å². The van der Waals surface area contributed by atoms with Crippen LogP contribution < -0.4 is 5.32 Å². The predicted molar refractivity (Wildman–Crippen MR) is 84.1 cm³/mol. The molecule has 0 aliphatic carbocycles. The van der Waals surface area contributed by atoms with Gasteiger partial charge in [0.2, 0.25) is 0 Å². The minimum Gasteiger partial charge on any atom is -0.400 e. The standard InChI is InChI=1S/C14H13N3S.CH4O/c1-10-7-12-13(18-10)14(17-9-16-12)15-8-11-5-3-2-4-6-11;1-2/h2-7,9H,8H2,1H3,(H,15,16,17);2H,1H3. The zero-order valence-electron chi connectivity index (χ0n) is 11.5. The summed E-state index contributed by atoms with van der Waals surface area (Å²) in [6, 6.07) is 12.4. The van der Waals surface area contributed by atoms with E-state index in [2.05, 4.69) is 40.4 Å². The molecule has 0 amide bonds. The lowest BCUT2D eigenvalue weighted by atomic mass is 10.2. The van der Waals surface area contributed by atoms with Gasteiger partial charge in [-0.3, -0.25) is 0 Å². The van der Waals surface area contributed by atoms with Crippen molar-refractivity contribution in [2.45, 2.75) is 13.5 Å². The maximum absolute atomic E-state index is 7.00. The number of nitrogens with zero attached hydrogens (tertiary/aromatic N) is 2. The smallest absolute Gasteiger partial charge is 0.147 e. The molecule has 3 aromatic rings. The Morgan fingerprint density at radius 1 is 1.15 bits per heavy atom. The normalized spacial score (nSPS) is 9.95. The minimum atomic E-state index is 0.782. The molecule has 3 rings (SSSR count). The molecule has 2 N–H and O–H groups in total. The van der Waals surface area contributed by atoms with Gasteiger partial charge in [-0.2, -0.15) is 0 Å². The summed E-state index contributed by atoms with van der Waals surface area (Å²) in [6.07, 6.45) is 1.61. The second kappa shape index (κ2) is 6.98. The molecule has 0 saturated carbocycles. The zero-order chi connectivity index (χ0) is 14.4. The maximum atomic E-state index is 7.00. The van der Waals surface area contributed by atoms with Crippen molar-refractivity contribution in [3.8, 4) is 0 Å². The van der Waals surface area contributed by atoms with Gasteiger partial charge < -0.3 is 10.4 Å². The number of benzene rings is 1. The van der Waals surface area contributed by atoms with E-state index in [0.29, 0.717) is 0 Å². The minimum absolute atomic E-state index is 0.782. The summed E-state index contributed by atoms with van der Waals surface area (Å²) in [6.45, 7) is 2.87. The Morgan fingerprint density at radius 2 is 1.90 bits per heavy atom. The van der Waals surface area contributed by atoms with Crippen molar-refractivity contribution in [2.75, 3.05) is 12.4 Å². The van der Waals surface area contributed by atoms with Crippen LogP contribution in [0, 0.1) is 6.92 Å². The number of aryl methyl sites for hydroxylation is 1. The molecule has 1 aromatic carbocycles. The molecule has 0 fully saturated rings. The summed E-state index contributed by atoms with van der Waals surface area (Å²) in [5, 5.41) is 10.4. The van der Waals surface area contributed by atoms with Crippen LogP contribution in [0.25, 0.3) is 10.2 Å². The second-order valence-electron chi connectivity index (χ2n) is 4.13. The van der Waals surface area contributed by atoms with Crippen molar-refractivity contribution in [1.29, 1.82) is 0 Å². The van der Waals surface area contributed by atoms with E-state index in [1.165, 1.54) is 10.4 Å². The fourth-order valence-corrected chi connectivity index (χ4v) is 2.81. The van der Waals surface area contributed by atoms with Crippen LogP contribution in [0.2, 0.25) is 0 Å². The lowest BCUT2D eigenvalue weighted by Crippen LogP contribution is -2.01. The first-order chi connectivity index (χ1) is 9.83. The van der Waals surface area contributed by atoms with Gasteiger partial charge in [0.15, 0.2) is 0 Å². The Morgan fingerprint density at radius 3 is 2.65 bits per heavy atom. The molecule has 2 heterocycles. The lowest BCUT2D eigenvalue weighted by molar-refractivity contribution is 0.399. The highest BCUT2D eigenvalue weighted by molar-refractivity contribution is 7.19. The first-order valence-corrected chi connectivity index (χ1v) is 7.08. The number of aliphatic hydroxyl groups excluding tert-OH is 1. The van der Waals surface area contributed by atoms with E-state index < -0.39 is 0 Å². The van der Waals surface area contributed by atoms with Crippen molar-refractivity contribution in [3.05, 3.63) is 53.2 Å². The molecular formula is C15H17N3OS. The van der Waals surface area contributed by atoms with E-state index >= 15 is 0 Å². The SMILES string of the molecule is CO.Cc1cc2ncnc(NCc3ccccc3)c2s1. The summed E-state index contributed by atoms with van der Waals surface area (Å²) >= 11 is 1.73. The maximum Gasteiger partial charge on any atom is 0.147 e. The third-order valence-electron chi connectivity index (χ3n) is 2.74. The summed E-state index contributed by atoms with van der Waals surface area (Å²) in [4.78, 5) is 9.86. The Labute approximate surface area is 122 Å². The Hall–Kier alpha value is -1.98. The molecule has 5 heteroatoms. The van der Waals surface area contributed by atoms with E-state index in [1.807, 2.05) is 18.2 Å². The molecule has 2 aromatic heterocycles. The van der Waals surface area contributed by atoms with Crippen LogP contribution in [0.5, 0.6) is 0 Å². The molecule has 0 aliphatic heterocycles. The topological polar surface area (TPSA) is 58.0 Å². The van der Waals surface area contributed by atoms with Crippen LogP contribution in [0.4, 0.5) is 5.82 Å². The number of rotatable bonds is 3. The monoisotopic (exact) mass is 287 g/mol. The van der Waals surface area contributed by atoms with Crippen LogP contribution in [-0.4, -0.2) is 22.2 Å². The fraction of sp³-hybridized carbons (Fsp3) is 0.200. The molecule has 104 valence electrons. The molecule has 0 bridgehead atoms. The van der Waals surface area contributed by atoms with Crippen molar-refractivity contribution >= 4 is 27.4 Å². The Kier molecular flexibility index (Phi) is 5.03. The highest BCUT2D eigenvalue weighted by Gasteiger charge is 2.06. The Balaban J connectivity index is 0.000000704. The van der Waals surface area contributed by atoms with Gasteiger partial charge in [0, 0.05) is 18.5 Å². The Bertz CT molecular complexity index is 667. The molecule has 0 spiro atoms. The fourth-order valence-electron chi connectivity index (χ4n) is 1.88. The van der Waals surface area contributed by atoms with E-state index in [0.717, 1.165) is 29.7 Å². The van der Waals surface area contributed by atoms with Gasteiger partial charge in [-0.25, -0.2) is 9.97 Å².